The third kappa shape index (κ3) is 3.75. The number of halogens is 2. The molecular formula is C11H8Cl2N2. The van der Waals surface area contributed by atoms with Crippen LogP contribution in [-0.4, -0.2) is 6.21 Å². The predicted molar refractivity (Wildman–Crippen MR) is 63.1 cm³/mol. The van der Waals surface area contributed by atoms with Gasteiger partial charge < -0.3 is 0 Å². The van der Waals surface area contributed by atoms with E-state index in [1.807, 2.05) is 31.2 Å². The van der Waals surface area contributed by atoms with E-state index in [1.165, 1.54) is 5.56 Å². The second kappa shape index (κ2) is 5.55. The van der Waals surface area contributed by atoms with Gasteiger partial charge in [0.05, 0.1) is 0 Å². The van der Waals surface area contributed by atoms with Gasteiger partial charge in [0.15, 0.2) is 5.70 Å². The summed E-state index contributed by atoms with van der Waals surface area (Å²) in [5.74, 6) is 0. The van der Waals surface area contributed by atoms with E-state index in [9.17, 15) is 0 Å². The van der Waals surface area contributed by atoms with Gasteiger partial charge in [-0.15, -0.1) is 0 Å². The largest absolute Gasteiger partial charge is 0.243 e. The Balaban J connectivity index is 2.88. The van der Waals surface area contributed by atoms with Crippen molar-refractivity contribution < 1.29 is 0 Å². The maximum atomic E-state index is 8.63. The fraction of sp³-hybridized carbons (Fsp3) is 0.0909. The van der Waals surface area contributed by atoms with Gasteiger partial charge in [0.25, 0.3) is 0 Å². The van der Waals surface area contributed by atoms with Crippen LogP contribution in [0.15, 0.2) is 39.4 Å². The first-order valence-corrected chi connectivity index (χ1v) is 4.95. The summed E-state index contributed by atoms with van der Waals surface area (Å²) in [6.45, 7) is 2.00. The Labute approximate surface area is 98.5 Å². The molecule has 76 valence electrons. The molecule has 0 saturated heterocycles. The average molecular weight is 239 g/mol. The number of aryl methyl sites for hydroxylation is 1. The summed E-state index contributed by atoms with van der Waals surface area (Å²) in [5, 5.41) is 8.63. The SMILES string of the molecule is Cc1ccc(C=NC(C#N)=C(Cl)Cl)cc1. The average Bonchev–Trinajstić information content (AvgIpc) is 2.21. The zero-order valence-electron chi connectivity index (χ0n) is 8.04. The predicted octanol–water partition coefficient (Wildman–Crippen LogP) is 3.58. The summed E-state index contributed by atoms with van der Waals surface area (Å²) in [5.41, 5.74) is 2.07. The Bertz CT molecular complexity index is 435. The molecule has 0 amide bonds. The maximum absolute atomic E-state index is 8.63. The minimum Gasteiger partial charge on any atom is -0.243 e. The van der Waals surface area contributed by atoms with Crippen molar-refractivity contribution in [2.24, 2.45) is 4.99 Å². The van der Waals surface area contributed by atoms with E-state index in [2.05, 4.69) is 4.99 Å². The van der Waals surface area contributed by atoms with Crippen LogP contribution in [0.5, 0.6) is 0 Å². The lowest BCUT2D eigenvalue weighted by molar-refractivity contribution is 1.39. The fourth-order valence-corrected chi connectivity index (χ4v) is 1.09. The number of nitriles is 1. The Morgan fingerprint density at radius 1 is 1.33 bits per heavy atom. The van der Waals surface area contributed by atoms with Crippen LogP contribution in [0.1, 0.15) is 11.1 Å². The van der Waals surface area contributed by atoms with Crippen molar-refractivity contribution >= 4 is 29.4 Å². The number of hydrogen-bond donors (Lipinski definition) is 0. The summed E-state index contributed by atoms with van der Waals surface area (Å²) in [7, 11) is 0. The molecule has 0 heterocycles. The van der Waals surface area contributed by atoms with Gasteiger partial charge in [-0.05, 0) is 12.5 Å². The number of benzene rings is 1. The van der Waals surface area contributed by atoms with Crippen molar-refractivity contribution in [2.45, 2.75) is 6.92 Å². The third-order valence-corrected chi connectivity index (χ3v) is 2.06. The van der Waals surface area contributed by atoms with Crippen LogP contribution in [0.4, 0.5) is 0 Å². The van der Waals surface area contributed by atoms with Crippen LogP contribution in [-0.2, 0) is 0 Å². The molecule has 0 aliphatic carbocycles. The molecule has 0 saturated carbocycles. The number of nitrogens with zero attached hydrogens (tertiary/aromatic N) is 2. The van der Waals surface area contributed by atoms with E-state index in [1.54, 1.807) is 12.3 Å². The van der Waals surface area contributed by atoms with Gasteiger partial charge in [-0.2, -0.15) is 5.26 Å². The van der Waals surface area contributed by atoms with Gasteiger partial charge in [-0.25, -0.2) is 4.99 Å². The van der Waals surface area contributed by atoms with E-state index in [0.29, 0.717) is 0 Å². The molecule has 15 heavy (non-hydrogen) atoms. The highest BCUT2D eigenvalue weighted by atomic mass is 35.5. The van der Waals surface area contributed by atoms with Crippen molar-refractivity contribution in [3.63, 3.8) is 0 Å². The van der Waals surface area contributed by atoms with Crippen LogP contribution in [0.25, 0.3) is 0 Å². The summed E-state index contributed by atoms with van der Waals surface area (Å²) in [6, 6.07) is 9.51. The number of hydrogen-bond acceptors (Lipinski definition) is 2. The molecule has 1 aromatic carbocycles. The highest BCUT2D eigenvalue weighted by molar-refractivity contribution is 6.56. The lowest BCUT2D eigenvalue weighted by atomic mass is 10.2. The highest BCUT2D eigenvalue weighted by Gasteiger charge is 1.97. The summed E-state index contributed by atoms with van der Waals surface area (Å²) in [6.07, 6.45) is 1.54. The molecule has 1 rings (SSSR count). The van der Waals surface area contributed by atoms with Crippen molar-refractivity contribution in [3.8, 4) is 6.07 Å². The van der Waals surface area contributed by atoms with Crippen LogP contribution in [0.3, 0.4) is 0 Å². The summed E-state index contributed by atoms with van der Waals surface area (Å²) < 4.78 is -0.124. The minimum atomic E-state index is -0.124. The Morgan fingerprint density at radius 2 is 1.93 bits per heavy atom. The van der Waals surface area contributed by atoms with E-state index in [4.69, 9.17) is 28.5 Å². The van der Waals surface area contributed by atoms with E-state index in [0.717, 1.165) is 5.56 Å². The molecule has 0 fully saturated rings. The second-order valence-electron chi connectivity index (χ2n) is 2.89. The zero-order valence-corrected chi connectivity index (χ0v) is 9.55. The van der Waals surface area contributed by atoms with Gasteiger partial charge in [0.2, 0.25) is 0 Å². The first kappa shape index (κ1) is 11.8. The lowest BCUT2D eigenvalue weighted by Gasteiger charge is -1.94. The van der Waals surface area contributed by atoms with Gasteiger partial charge in [-0.3, -0.25) is 0 Å². The molecule has 0 aliphatic heterocycles. The quantitative estimate of drug-likeness (QED) is 0.573. The minimum absolute atomic E-state index is 0.0129. The highest BCUT2D eigenvalue weighted by Crippen LogP contribution is 2.14. The lowest BCUT2D eigenvalue weighted by Crippen LogP contribution is -1.82. The van der Waals surface area contributed by atoms with Crippen molar-refractivity contribution in [2.75, 3.05) is 0 Å². The molecule has 0 unspecified atom stereocenters. The van der Waals surface area contributed by atoms with Crippen LogP contribution < -0.4 is 0 Å². The van der Waals surface area contributed by atoms with Gasteiger partial charge in [0, 0.05) is 6.21 Å². The van der Waals surface area contributed by atoms with Gasteiger partial charge in [-0.1, -0.05) is 53.0 Å². The van der Waals surface area contributed by atoms with Crippen molar-refractivity contribution in [1.29, 1.82) is 5.26 Å². The van der Waals surface area contributed by atoms with Gasteiger partial charge in [0.1, 0.15) is 10.6 Å². The third-order valence-electron chi connectivity index (χ3n) is 1.70. The molecule has 0 radical (unpaired) electrons. The molecular weight excluding hydrogens is 231 g/mol. The van der Waals surface area contributed by atoms with Crippen LogP contribution in [0.2, 0.25) is 0 Å². The van der Waals surface area contributed by atoms with Crippen molar-refractivity contribution in [1.82, 2.24) is 0 Å². The van der Waals surface area contributed by atoms with Crippen LogP contribution >= 0.6 is 23.2 Å². The Morgan fingerprint density at radius 3 is 2.40 bits per heavy atom. The topological polar surface area (TPSA) is 36.1 Å². The molecule has 0 bridgehead atoms. The number of allylic oxidation sites excluding steroid dienone is 1. The monoisotopic (exact) mass is 238 g/mol. The molecule has 0 spiro atoms. The Kier molecular flexibility index (Phi) is 4.36. The number of rotatable bonds is 2. The van der Waals surface area contributed by atoms with E-state index >= 15 is 0 Å². The number of aliphatic imine (C=N–C) groups is 1. The molecule has 0 aromatic heterocycles. The normalized spacial score (nSPS) is 10.0. The summed E-state index contributed by atoms with van der Waals surface area (Å²) in [4.78, 5) is 3.87. The fourth-order valence-electron chi connectivity index (χ4n) is 0.912. The van der Waals surface area contributed by atoms with E-state index in [-0.39, 0.29) is 10.2 Å². The summed E-state index contributed by atoms with van der Waals surface area (Å²) >= 11 is 10.9. The molecule has 0 N–H and O–H groups in total. The smallest absolute Gasteiger partial charge is 0.170 e. The molecule has 0 aliphatic rings. The maximum Gasteiger partial charge on any atom is 0.170 e. The molecule has 4 heteroatoms. The van der Waals surface area contributed by atoms with Crippen molar-refractivity contribution in [3.05, 3.63) is 45.6 Å². The molecule has 2 nitrogen and oxygen atoms in total. The van der Waals surface area contributed by atoms with Gasteiger partial charge >= 0.3 is 0 Å². The second-order valence-corrected chi connectivity index (χ2v) is 3.84. The molecule has 0 atom stereocenters. The van der Waals surface area contributed by atoms with E-state index < -0.39 is 0 Å². The molecule has 1 aromatic rings. The first-order valence-electron chi connectivity index (χ1n) is 4.19. The Hall–Kier alpha value is -1.30. The van der Waals surface area contributed by atoms with Crippen LogP contribution in [0, 0.1) is 18.3 Å². The first-order chi connectivity index (χ1) is 7.13. The zero-order chi connectivity index (χ0) is 11.3. The standard InChI is InChI=1S/C11H8Cl2N2/c1-8-2-4-9(5-3-8)7-15-10(6-14)11(12)13/h2-5,7H,1H3.